The fraction of sp³-hybridized carbons (Fsp3) is 0.220. The smallest absolute Gasteiger partial charge is 0.340 e. The van der Waals surface area contributed by atoms with Crippen LogP contribution in [0.15, 0.2) is 116 Å². The summed E-state index contributed by atoms with van der Waals surface area (Å²) in [6.45, 7) is 2.63. The van der Waals surface area contributed by atoms with E-state index in [-0.39, 0.29) is 17.9 Å². The van der Waals surface area contributed by atoms with Crippen LogP contribution in [0.25, 0.3) is 33.2 Å². The van der Waals surface area contributed by atoms with Crippen LogP contribution in [-0.2, 0) is 29.0 Å². The van der Waals surface area contributed by atoms with Gasteiger partial charge in [-0.3, -0.25) is 19.0 Å². The van der Waals surface area contributed by atoms with E-state index in [2.05, 4.69) is 39.2 Å². The second kappa shape index (κ2) is 18.0. The molecule has 318 valence electrons. The van der Waals surface area contributed by atoms with Crippen LogP contribution in [-0.4, -0.2) is 75.2 Å². The third-order valence-electron chi connectivity index (χ3n) is 11.6. The highest BCUT2D eigenvalue weighted by Gasteiger charge is 2.28. The van der Waals surface area contributed by atoms with Gasteiger partial charge >= 0.3 is 11.9 Å². The van der Waals surface area contributed by atoms with Crippen molar-refractivity contribution >= 4 is 39.7 Å². The molecule has 1 amide bonds. The first-order valence-electron chi connectivity index (χ1n) is 21.0. The van der Waals surface area contributed by atoms with Crippen LogP contribution in [0, 0.1) is 29.6 Å². The Kier molecular flexibility index (Phi) is 11.6. The van der Waals surface area contributed by atoms with Gasteiger partial charge in [0, 0.05) is 46.5 Å². The first kappa shape index (κ1) is 41.1. The van der Waals surface area contributed by atoms with E-state index < -0.39 is 11.9 Å². The molecule has 1 fully saturated rings. The minimum absolute atomic E-state index is 0.109. The Morgan fingerprint density at radius 3 is 1.94 bits per heavy atom. The molecule has 4 heterocycles. The van der Waals surface area contributed by atoms with Crippen molar-refractivity contribution in [2.45, 2.75) is 58.2 Å². The van der Waals surface area contributed by atoms with E-state index in [4.69, 9.17) is 14.9 Å². The van der Waals surface area contributed by atoms with Crippen LogP contribution in [0.4, 0.5) is 0 Å². The molecule has 8 aromatic rings. The summed E-state index contributed by atoms with van der Waals surface area (Å²) in [7, 11) is 1.37. The van der Waals surface area contributed by atoms with Gasteiger partial charge in [-0.25, -0.2) is 14.2 Å². The van der Waals surface area contributed by atoms with E-state index in [9.17, 15) is 19.5 Å². The molecule has 0 radical (unpaired) electrons. The number of nitrogens with zero attached hydrogens (tertiary/aromatic N) is 8. The van der Waals surface area contributed by atoms with E-state index >= 15 is 0 Å². The number of carboxylic acid groups (broad SMARTS) is 1. The minimum Gasteiger partial charge on any atom is -0.481 e. The molecule has 0 bridgehead atoms. The number of ether oxygens (including phenoxy) is 1. The van der Waals surface area contributed by atoms with E-state index in [0.29, 0.717) is 67.4 Å². The van der Waals surface area contributed by atoms with Crippen LogP contribution in [0.5, 0.6) is 0 Å². The first-order chi connectivity index (χ1) is 31.3. The topological polar surface area (TPSA) is 164 Å². The molecule has 0 unspecified atom stereocenters. The Bertz CT molecular complexity index is 3150. The molecular weight excluding hydrogens is 807 g/mol. The van der Waals surface area contributed by atoms with Gasteiger partial charge in [-0.05, 0) is 104 Å². The van der Waals surface area contributed by atoms with E-state index in [0.717, 1.165) is 50.1 Å². The van der Waals surface area contributed by atoms with Crippen molar-refractivity contribution in [3.05, 3.63) is 155 Å². The van der Waals surface area contributed by atoms with Gasteiger partial charge in [-0.15, -0.1) is 5.92 Å². The van der Waals surface area contributed by atoms with Gasteiger partial charge in [0.25, 0.3) is 5.91 Å². The van der Waals surface area contributed by atoms with Gasteiger partial charge in [-0.2, -0.15) is 20.4 Å². The third kappa shape index (κ3) is 8.49. The zero-order chi connectivity index (χ0) is 44.2. The van der Waals surface area contributed by atoms with Crippen LogP contribution in [0.3, 0.4) is 0 Å². The predicted molar refractivity (Wildman–Crippen MR) is 240 cm³/mol. The largest absolute Gasteiger partial charge is 0.481 e. The van der Waals surface area contributed by atoms with E-state index in [1.54, 1.807) is 51.7 Å². The Labute approximate surface area is 368 Å². The second-order valence-corrected chi connectivity index (χ2v) is 15.7. The maximum absolute atomic E-state index is 13.9. The number of amides is 1. The number of aliphatic carboxylic acids is 1. The van der Waals surface area contributed by atoms with Crippen LogP contribution in [0.1, 0.15) is 81.3 Å². The van der Waals surface area contributed by atoms with Crippen molar-refractivity contribution in [3.63, 3.8) is 0 Å². The molecule has 1 aliphatic rings. The number of nitrogens with one attached hydrogen (secondary N) is 1. The lowest BCUT2D eigenvalue weighted by Gasteiger charge is -2.27. The third-order valence-corrected chi connectivity index (χ3v) is 11.6. The zero-order valence-electron chi connectivity index (χ0n) is 35.2. The highest BCUT2D eigenvalue weighted by Crippen LogP contribution is 2.28. The van der Waals surface area contributed by atoms with Gasteiger partial charge in [0.1, 0.15) is 0 Å². The van der Waals surface area contributed by atoms with Crippen molar-refractivity contribution in [1.29, 1.82) is 0 Å². The second-order valence-electron chi connectivity index (χ2n) is 15.7. The summed E-state index contributed by atoms with van der Waals surface area (Å²) in [6, 6.07) is 26.9. The summed E-state index contributed by atoms with van der Waals surface area (Å²) < 4.78 is 12.3. The summed E-state index contributed by atoms with van der Waals surface area (Å²) >= 11 is 0. The quantitative estimate of drug-likeness (QED) is 0.103. The summed E-state index contributed by atoms with van der Waals surface area (Å²) in [5.41, 5.74) is 8.37. The lowest BCUT2D eigenvalue weighted by molar-refractivity contribution is -0.142. The number of hydrogen-bond acceptors (Lipinski definition) is 8. The van der Waals surface area contributed by atoms with Gasteiger partial charge in [0.2, 0.25) is 0 Å². The van der Waals surface area contributed by atoms with Crippen molar-refractivity contribution in [2.24, 2.45) is 5.92 Å². The zero-order valence-corrected chi connectivity index (χ0v) is 35.2. The van der Waals surface area contributed by atoms with Gasteiger partial charge < -0.3 is 15.2 Å². The molecule has 4 aromatic carbocycles. The van der Waals surface area contributed by atoms with E-state index in [1.807, 2.05) is 89.9 Å². The monoisotopic (exact) mass is 849 g/mol. The molecule has 14 nitrogen and oxygen atoms in total. The number of benzene rings is 4. The molecule has 64 heavy (non-hydrogen) atoms. The normalized spacial score (nSPS) is 14.7. The number of carbonyl (C=O) groups excluding carboxylic acids is 2. The Balaban J connectivity index is 0.925. The maximum Gasteiger partial charge on any atom is 0.340 e. The highest BCUT2D eigenvalue weighted by atomic mass is 16.5. The maximum atomic E-state index is 13.9. The highest BCUT2D eigenvalue weighted by molar-refractivity contribution is 6.07. The molecule has 4 aromatic heterocycles. The number of esters is 1. The molecule has 0 saturated heterocycles. The predicted octanol–water partition coefficient (Wildman–Crippen LogP) is 6.98. The summed E-state index contributed by atoms with van der Waals surface area (Å²) in [5, 5.41) is 32.7. The Morgan fingerprint density at radius 1 is 0.734 bits per heavy atom. The molecular formula is C50H43N9O5. The lowest BCUT2D eigenvalue weighted by Crippen LogP contribution is -2.38. The number of hydrogen-bond donors (Lipinski definition) is 2. The van der Waals surface area contributed by atoms with Gasteiger partial charge in [0.15, 0.2) is 0 Å². The standard InChI is InChI=1S/C50H43N9O5/c1-3-6-35-16-24-43(50(63)64-2)47-44(35)29-53-59(47)32-34-11-21-41(22-12-34)57-28-25-39(55-57)8-4-7-36-15-23-42(48(60)54-38-17-13-37(14-18-38)49(61)62)46-45(36)30-52-58(46)31-33-9-19-40(20-10-33)56-27-5-26-51-56/h5,9-12,15-16,19-30,37-38H,8,13-14,17-18,31-32H2,1-2H3,(H,54,60)(H,61,62). The minimum atomic E-state index is -0.781. The number of fused-ring (bicyclic) bond motifs is 2. The average molecular weight is 850 g/mol. The van der Waals surface area contributed by atoms with Crippen molar-refractivity contribution in [1.82, 2.24) is 44.4 Å². The van der Waals surface area contributed by atoms with Crippen LogP contribution in [0.2, 0.25) is 0 Å². The van der Waals surface area contributed by atoms with Gasteiger partial charge in [-0.1, -0.05) is 42.0 Å². The summed E-state index contributed by atoms with van der Waals surface area (Å²) in [4.78, 5) is 38.1. The van der Waals surface area contributed by atoms with Crippen molar-refractivity contribution < 1.29 is 24.2 Å². The van der Waals surface area contributed by atoms with Crippen LogP contribution >= 0.6 is 0 Å². The number of methoxy groups -OCH3 is 1. The van der Waals surface area contributed by atoms with E-state index in [1.165, 1.54) is 7.11 Å². The number of aromatic nitrogens is 8. The van der Waals surface area contributed by atoms with Crippen molar-refractivity contribution in [2.75, 3.05) is 7.11 Å². The molecule has 0 aliphatic heterocycles. The molecule has 9 rings (SSSR count). The van der Waals surface area contributed by atoms with Crippen molar-refractivity contribution in [3.8, 4) is 35.1 Å². The summed E-state index contributed by atoms with van der Waals surface area (Å²) in [5.74, 6) is 10.8. The number of carboxylic acids is 1. The Hall–Kier alpha value is -8.23. The molecule has 14 heteroatoms. The average Bonchev–Trinajstić information content (AvgIpc) is 4.16. The Morgan fingerprint density at radius 2 is 1.34 bits per heavy atom. The number of rotatable bonds is 11. The SMILES string of the molecule is CC#Cc1ccc(C(=O)OC)c2c1cnn2Cc1ccc(-n2ccc(CC#Cc3ccc(C(=O)NC4CCC(C(=O)O)CC4)c4c3cnn4Cc3ccc(-n4cccn4)cc3)n2)cc1. The molecule has 2 N–H and O–H groups in total. The fourth-order valence-corrected chi connectivity index (χ4v) is 8.31. The molecule has 0 spiro atoms. The molecule has 0 atom stereocenters. The summed E-state index contributed by atoms with van der Waals surface area (Å²) in [6.07, 6.45) is 11.7. The fourth-order valence-electron chi connectivity index (χ4n) is 8.31. The van der Waals surface area contributed by atoms with Crippen LogP contribution < -0.4 is 5.32 Å². The molecule has 1 aliphatic carbocycles. The lowest BCUT2D eigenvalue weighted by atomic mass is 9.86. The number of carbonyl (C=O) groups is 3. The molecule has 1 saturated carbocycles. The van der Waals surface area contributed by atoms with Gasteiger partial charge in [0.05, 0.1) is 84.2 Å². The first-order valence-corrected chi connectivity index (χ1v) is 21.0.